The number of likely N-dealkylation sites (N-methyl/N-ethyl adjacent to an activating group) is 1. The van der Waals surface area contributed by atoms with Crippen molar-refractivity contribution in [1.29, 1.82) is 5.26 Å². The number of hydrogen-bond acceptors (Lipinski definition) is 6. The minimum absolute atomic E-state index is 0.0104. The van der Waals surface area contributed by atoms with Gasteiger partial charge in [0.05, 0.1) is 17.1 Å². The number of carbonyl (C=O) groups excluding carboxylic acids is 1. The highest BCUT2D eigenvalue weighted by Crippen LogP contribution is 2.34. The predicted octanol–water partition coefficient (Wildman–Crippen LogP) is 3.48. The molecular weight excluding hydrogens is 395 g/mol. The lowest BCUT2D eigenvalue weighted by atomic mass is 9.97. The van der Waals surface area contributed by atoms with Gasteiger partial charge in [-0.2, -0.15) is 5.26 Å². The number of para-hydroxylation sites is 1. The van der Waals surface area contributed by atoms with Crippen molar-refractivity contribution in [2.75, 3.05) is 38.1 Å². The summed E-state index contributed by atoms with van der Waals surface area (Å²) in [5, 5.41) is 10.1. The van der Waals surface area contributed by atoms with E-state index in [-0.39, 0.29) is 17.6 Å². The highest BCUT2D eigenvalue weighted by atomic mass is 19.1. The number of fused-ring (bicyclic) bond motifs is 1. The average molecular weight is 418 g/mol. The Morgan fingerprint density at radius 3 is 2.52 bits per heavy atom. The van der Waals surface area contributed by atoms with Gasteiger partial charge in [0.2, 0.25) is 0 Å². The number of nitriles is 1. The standard InChI is InChI=1S/C24H23FN4O2/c1-28-11-13-29(14-12-28)23-21(22(25)18-9-5-6-10-20(18)27-23)19(15-26)24(30)31-16-17-7-3-2-4-8-17/h2-10,19H,11-14,16H2,1H3. The summed E-state index contributed by atoms with van der Waals surface area (Å²) in [6, 6.07) is 18.0. The quantitative estimate of drug-likeness (QED) is 0.591. The van der Waals surface area contributed by atoms with E-state index in [4.69, 9.17) is 4.74 Å². The van der Waals surface area contributed by atoms with E-state index in [0.717, 1.165) is 18.7 Å². The molecule has 1 aliphatic rings. The third-order valence-electron chi connectivity index (χ3n) is 5.52. The van der Waals surface area contributed by atoms with E-state index in [1.807, 2.05) is 48.3 Å². The van der Waals surface area contributed by atoms with Gasteiger partial charge in [0, 0.05) is 31.6 Å². The smallest absolute Gasteiger partial charge is 0.328 e. The average Bonchev–Trinajstić information content (AvgIpc) is 2.80. The van der Waals surface area contributed by atoms with Crippen LogP contribution in [-0.4, -0.2) is 49.1 Å². The number of ether oxygens (including phenoxy) is 1. The molecule has 6 nitrogen and oxygen atoms in total. The van der Waals surface area contributed by atoms with Gasteiger partial charge in [0.15, 0.2) is 5.92 Å². The number of nitrogens with zero attached hydrogens (tertiary/aromatic N) is 4. The summed E-state index contributed by atoms with van der Waals surface area (Å²) in [4.78, 5) is 21.6. The first kappa shape index (κ1) is 20.8. The molecule has 158 valence electrons. The van der Waals surface area contributed by atoms with Gasteiger partial charge in [-0.25, -0.2) is 9.37 Å². The molecular formula is C24H23FN4O2. The fourth-order valence-electron chi connectivity index (χ4n) is 3.74. The van der Waals surface area contributed by atoms with E-state index >= 15 is 4.39 Å². The first-order chi connectivity index (χ1) is 15.1. The van der Waals surface area contributed by atoms with Gasteiger partial charge in [0.25, 0.3) is 0 Å². The van der Waals surface area contributed by atoms with Crippen molar-refractivity contribution in [3.63, 3.8) is 0 Å². The Bertz CT molecular complexity index is 1120. The molecule has 0 N–H and O–H groups in total. The second kappa shape index (κ2) is 9.11. The molecule has 2 heterocycles. The van der Waals surface area contributed by atoms with Crippen molar-refractivity contribution in [1.82, 2.24) is 9.88 Å². The van der Waals surface area contributed by atoms with Crippen LogP contribution in [0, 0.1) is 17.1 Å². The largest absolute Gasteiger partial charge is 0.460 e. The maximum absolute atomic E-state index is 15.7. The molecule has 1 saturated heterocycles. The number of piperazine rings is 1. The van der Waals surface area contributed by atoms with E-state index in [2.05, 4.69) is 9.88 Å². The Labute approximate surface area is 180 Å². The summed E-state index contributed by atoms with van der Waals surface area (Å²) in [5.74, 6) is -2.44. The second-order valence-electron chi connectivity index (χ2n) is 7.63. The SMILES string of the molecule is CN1CCN(c2nc3ccccc3c(F)c2C(C#N)C(=O)OCc2ccccc2)CC1. The van der Waals surface area contributed by atoms with Crippen LogP contribution in [0.15, 0.2) is 54.6 Å². The number of benzene rings is 2. The lowest BCUT2D eigenvalue weighted by Gasteiger charge is -2.34. The van der Waals surface area contributed by atoms with E-state index in [9.17, 15) is 10.1 Å². The molecule has 7 heteroatoms. The zero-order valence-electron chi connectivity index (χ0n) is 17.3. The number of halogens is 1. The number of anilines is 1. The number of carbonyl (C=O) groups is 1. The number of hydrogen-bond donors (Lipinski definition) is 0. The third kappa shape index (κ3) is 4.35. The molecule has 0 saturated carbocycles. The molecule has 3 aromatic rings. The third-order valence-corrected chi connectivity index (χ3v) is 5.52. The number of esters is 1. The first-order valence-corrected chi connectivity index (χ1v) is 10.2. The predicted molar refractivity (Wildman–Crippen MR) is 116 cm³/mol. The van der Waals surface area contributed by atoms with Gasteiger partial charge in [-0.1, -0.05) is 42.5 Å². The summed E-state index contributed by atoms with van der Waals surface area (Å²) in [7, 11) is 2.02. The summed E-state index contributed by atoms with van der Waals surface area (Å²) in [5.41, 5.74) is 1.28. The van der Waals surface area contributed by atoms with Crippen LogP contribution in [0.25, 0.3) is 10.9 Å². The fraction of sp³-hybridized carbons (Fsp3) is 0.292. The molecule has 31 heavy (non-hydrogen) atoms. The minimum Gasteiger partial charge on any atom is -0.460 e. The first-order valence-electron chi connectivity index (χ1n) is 10.2. The monoisotopic (exact) mass is 418 g/mol. The molecule has 0 amide bonds. The van der Waals surface area contributed by atoms with Crippen molar-refractivity contribution in [3.05, 3.63) is 71.5 Å². The molecule has 1 atom stereocenters. The maximum atomic E-state index is 15.7. The molecule has 4 rings (SSSR count). The molecule has 1 aromatic heterocycles. The lowest BCUT2D eigenvalue weighted by Crippen LogP contribution is -2.45. The molecule has 1 aliphatic heterocycles. The van der Waals surface area contributed by atoms with Crippen LogP contribution >= 0.6 is 0 Å². The van der Waals surface area contributed by atoms with Crippen LogP contribution in [-0.2, 0) is 16.1 Å². The zero-order valence-corrected chi connectivity index (χ0v) is 17.3. The highest BCUT2D eigenvalue weighted by molar-refractivity contribution is 5.89. The van der Waals surface area contributed by atoms with Crippen LogP contribution in [0.2, 0.25) is 0 Å². The van der Waals surface area contributed by atoms with Gasteiger partial charge >= 0.3 is 5.97 Å². The Kier molecular flexibility index (Phi) is 6.10. The van der Waals surface area contributed by atoms with Crippen LogP contribution in [0.5, 0.6) is 0 Å². The van der Waals surface area contributed by atoms with Crippen LogP contribution in [0.3, 0.4) is 0 Å². The maximum Gasteiger partial charge on any atom is 0.328 e. The van der Waals surface area contributed by atoms with E-state index < -0.39 is 17.7 Å². The van der Waals surface area contributed by atoms with Gasteiger partial charge in [-0.15, -0.1) is 0 Å². The zero-order chi connectivity index (χ0) is 21.8. The number of aromatic nitrogens is 1. The Morgan fingerprint density at radius 1 is 1.13 bits per heavy atom. The highest BCUT2D eigenvalue weighted by Gasteiger charge is 2.33. The van der Waals surface area contributed by atoms with Crippen molar-refractivity contribution < 1.29 is 13.9 Å². The number of rotatable bonds is 5. The normalized spacial score (nSPS) is 15.5. The Morgan fingerprint density at radius 2 is 1.81 bits per heavy atom. The second-order valence-corrected chi connectivity index (χ2v) is 7.63. The topological polar surface area (TPSA) is 69.5 Å². The Hall–Kier alpha value is -3.50. The Balaban J connectivity index is 1.72. The molecule has 0 aliphatic carbocycles. The van der Waals surface area contributed by atoms with E-state index in [0.29, 0.717) is 24.4 Å². The minimum atomic E-state index is -1.41. The van der Waals surface area contributed by atoms with Crippen molar-refractivity contribution in [3.8, 4) is 6.07 Å². The van der Waals surface area contributed by atoms with E-state index in [1.165, 1.54) is 0 Å². The summed E-state index contributed by atoms with van der Waals surface area (Å²) >= 11 is 0. The van der Waals surface area contributed by atoms with Gasteiger partial charge < -0.3 is 14.5 Å². The van der Waals surface area contributed by atoms with Crippen LogP contribution in [0.4, 0.5) is 10.2 Å². The van der Waals surface area contributed by atoms with E-state index in [1.54, 1.807) is 24.3 Å². The van der Waals surface area contributed by atoms with Crippen molar-refractivity contribution in [2.24, 2.45) is 0 Å². The van der Waals surface area contributed by atoms with Gasteiger partial charge in [-0.3, -0.25) is 4.79 Å². The van der Waals surface area contributed by atoms with Crippen LogP contribution in [0.1, 0.15) is 17.0 Å². The molecule has 0 bridgehead atoms. The van der Waals surface area contributed by atoms with Gasteiger partial charge in [0.1, 0.15) is 18.2 Å². The van der Waals surface area contributed by atoms with Crippen molar-refractivity contribution >= 4 is 22.7 Å². The fourth-order valence-corrected chi connectivity index (χ4v) is 3.74. The number of pyridine rings is 1. The molecule has 0 spiro atoms. The van der Waals surface area contributed by atoms with Gasteiger partial charge in [-0.05, 0) is 24.7 Å². The molecule has 0 radical (unpaired) electrons. The molecule has 1 unspecified atom stereocenters. The molecule has 2 aromatic carbocycles. The summed E-state index contributed by atoms with van der Waals surface area (Å²) in [6.07, 6.45) is 0. The van der Waals surface area contributed by atoms with Crippen LogP contribution < -0.4 is 4.90 Å². The lowest BCUT2D eigenvalue weighted by molar-refractivity contribution is -0.145. The van der Waals surface area contributed by atoms with Crippen molar-refractivity contribution in [2.45, 2.75) is 12.5 Å². The summed E-state index contributed by atoms with van der Waals surface area (Å²) in [6.45, 7) is 2.85. The summed E-state index contributed by atoms with van der Waals surface area (Å²) < 4.78 is 21.1. The molecule has 1 fully saturated rings.